The first kappa shape index (κ1) is 9.49. The van der Waals surface area contributed by atoms with E-state index in [-0.39, 0.29) is 0 Å². The molecule has 0 saturated heterocycles. The van der Waals surface area contributed by atoms with E-state index in [2.05, 4.69) is 10.2 Å². The molecule has 0 saturated carbocycles. The van der Waals surface area contributed by atoms with Crippen molar-refractivity contribution in [3.63, 3.8) is 0 Å². The minimum absolute atomic E-state index is 0.300. The number of nitrogens with one attached hydrogen (secondary N) is 1. The van der Waals surface area contributed by atoms with Crippen LogP contribution in [0.5, 0.6) is 0 Å². The molecule has 0 amide bonds. The van der Waals surface area contributed by atoms with Gasteiger partial charge in [0.1, 0.15) is 6.29 Å². The van der Waals surface area contributed by atoms with Gasteiger partial charge in [-0.1, -0.05) is 23.2 Å². The molecule has 0 unspecified atom stereocenters. The number of carbonyl (C=O) groups excluding carboxylic acids is 1. The zero-order valence-corrected chi connectivity index (χ0v) is 8.56. The summed E-state index contributed by atoms with van der Waals surface area (Å²) in [5.74, 6) is 0. The van der Waals surface area contributed by atoms with Gasteiger partial charge in [0, 0.05) is 11.8 Å². The molecule has 0 bridgehead atoms. The number of rotatable bonds is 2. The molecule has 1 aromatic carbocycles. The van der Waals surface area contributed by atoms with Crippen LogP contribution in [0.15, 0.2) is 12.1 Å². The lowest BCUT2D eigenvalue weighted by Crippen LogP contribution is -1.86. The maximum Gasteiger partial charge on any atom is 0.125 e. The van der Waals surface area contributed by atoms with Gasteiger partial charge in [0.15, 0.2) is 0 Å². The Morgan fingerprint density at radius 3 is 2.79 bits per heavy atom. The van der Waals surface area contributed by atoms with Gasteiger partial charge in [0.25, 0.3) is 0 Å². The molecule has 2 aromatic rings. The summed E-state index contributed by atoms with van der Waals surface area (Å²) in [6.45, 7) is 0. The highest BCUT2D eigenvalue weighted by atomic mass is 35.5. The van der Waals surface area contributed by atoms with Crippen molar-refractivity contribution in [1.29, 1.82) is 0 Å². The van der Waals surface area contributed by atoms with Gasteiger partial charge in [-0.15, -0.1) is 0 Å². The lowest BCUT2D eigenvalue weighted by Gasteiger charge is -1.95. The Hall–Kier alpha value is -1.06. The summed E-state index contributed by atoms with van der Waals surface area (Å²) in [4.78, 5) is 10.4. The van der Waals surface area contributed by atoms with E-state index in [1.54, 1.807) is 12.1 Å². The summed E-state index contributed by atoms with van der Waals surface area (Å²) in [6.07, 6.45) is 1.12. The van der Waals surface area contributed by atoms with E-state index >= 15 is 0 Å². The van der Waals surface area contributed by atoms with Crippen LogP contribution in [-0.2, 0) is 11.2 Å². The molecule has 0 aliphatic heterocycles. The molecule has 0 aliphatic carbocycles. The van der Waals surface area contributed by atoms with Crippen LogP contribution >= 0.6 is 23.2 Å². The average molecular weight is 229 g/mol. The van der Waals surface area contributed by atoms with E-state index in [4.69, 9.17) is 23.2 Å². The van der Waals surface area contributed by atoms with E-state index in [1.165, 1.54) is 0 Å². The van der Waals surface area contributed by atoms with Crippen molar-refractivity contribution >= 4 is 40.4 Å². The van der Waals surface area contributed by atoms with E-state index in [1.807, 2.05) is 0 Å². The van der Waals surface area contributed by atoms with Gasteiger partial charge in [0.05, 0.1) is 21.3 Å². The lowest BCUT2D eigenvalue weighted by molar-refractivity contribution is -0.107. The van der Waals surface area contributed by atoms with E-state index in [0.29, 0.717) is 16.5 Å². The van der Waals surface area contributed by atoms with Gasteiger partial charge in [-0.05, 0) is 12.1 Å². The molecule has 0 spiro atoms. The van der Waals surface area contributed by atoms with E-state index < -0.39 is 0 Å². The molecule has 1 heterocycles. The first-order valence-corrected chi connectivity index (χ1v) is 4.73. The van der Waals surface area contributed by atoms with Gasteiger partial charge < -0.3 is 4.79 Å². The number of hydrogen-bond donors (Lipinski definition) is 1. The first-order chi connectivity index (χ1) is 6.72. The fraction of sp³-hybridized carbons (Fsp3) is 0.111. The molecule has 14 heavy (non-hydrogen) atoms. The largest absolute Gasteiger partial charge is 0.303 e. The Morgan fingerprint density at radius 1 is 1.36 bits per heavy atom. The number of aromatic nitrogens is 2. The number of aromatic amines is 1. The summed E-state index contributed by atoms with van der Waals surface area (Å²) in [5, 5.41) is 8.55. The smallest absolute Gasteiger partial charge is 0.125 e. The Kier molecular flexibility index (Phi) is 2.44. The maximum absolute atomic E-state index is 10.4. The van der Waals surface area contributed by atoms with Crippen LogP contribution in [0.2, 0.25) is 10.0 Å². The summed E-state index contributed by atoms with van der Waals surface area (Å²) in [5.41, 5.74) is 1.48. The van der Waals surface area contributed by atoms with Crippen molar-refractivity contribution in [2.75, 3.05) is 0 Å². The zero-order chi connectivity index (χ0) is 10.1. The fourth-order valence-corrected chi connectivity index (χ4v) is 1.62. The van der Waals surface area contributed by atoms with Crippen molar-refractivity contribution in [2.24, 2.45) is 0 Å². The second-order valence-corrected chi connectivity index (χ2v) is 3.67. The molecular weight excluding hydrogens is 223 g/mol. The Labute approximate surface area is 90.0 Å². The van der Waals surface area contributed by atoms with Crippen molar-refractivity contribution in [2.45, 2.75) is 6.42 Å². The topological polar surface area (TPSA) is 45.8 Å². The minimum atomic E-state index is 0.300. The second-order valence-electron chi connectivity index (χ2n) is 2.86. The summed E-state index contributed by atoms with van der Waals surface area (Å²) >= 11 is 11.7. The van der Waals surface area contributed by atoms with E-state index in [0.717, 1.165) is 22.9 Å². The standard InChI is InChI=1S/C9H6Cl2N2O/c10-6-3-5-8(1-2-14)12-13-9(5)4-7(6)11/h2-4H,1H2,(H,12,13). The molecular formula is C9H6Cl2N2O. The highest BCUT2D eigenvalue weighted by Gasteiger charge is 2.07. The minimum Gasteiger partial charge on any atom is -0.303 e. The number of carbonyl (C=O) groups is 1. The number of hydrogen-bond acceptors (Lipinski definition) is 2. The van der Waals surface area contributed by atoms with Crippen molar-refractivity contribution in [3.05, 3.63) is 27.9 Å². The number of benzene rings is 1. The van der Waals surface area contributed by atoms with Gasteiger partial charge in [-0.2, -0.15) is 5.10 Å². The molecule has 5 heteroatoms. The molecule has 0 aliphatic rings. The molecule has 1 N–H and O–H groups in total. The predicted molar refractivity (Wildman–Crippen MR) is 55.9 cm³/mol. The number of nitrogens with zero attached hydrogens (tertiary/aromatic N) is 1. The lowest BCUT2D eigenvalue weighted by atomic mass is 10.2. The molecule has 1 aromatic heterocycles. The van der Waals surface area contributed by atoms with Crippen LogP contribution < -0.4 is 0 Å². The zero-order valence-electron chi connectivity index (χ0n) is 7.05. The monoisotopic (exact) mass is 228 g/mol. The quantitative estimate of drug-likeness (QED) is 0.804. The molecule has 2 rings (SSSR count). The van der Waals surface area contributed by atoms with Gasteiger partial charge in [-0.25, -0.2) is 0 Å². The van der Waals surface area contributed by atoms with Crippen molar-refractivity contribution in [1.82, 2.24) is 10.2 Å². The Balaban J connectivity index is 2.67. The maximum atomic E-state index is 10.4. The second kappa shape index (κ2) is 3.59. The van der Waals surface area contributed by atoms with Crippen LogP contribution in [0.3, 0.4) is 0 Å². The molecule has 3 nitrogen and oxygen atoms in total. The van der Waals surface area contributed by atoms with Gasteiger partial charge in [0.2, 0.25) is 0 Å². The van der Waals surface area contributed by atoms with E-state index in [9.17, 15) is 4.79 Å². The summed E-state index contributed by atoms with van der Waals surface area (Å²) in [6, 6.07) is 3.38. The van der Waals surface area contributed by atoms with Crippen LogP contribution in [-0.4, -0.2) is 16.5 Å². The fourth-order valence-electron chi connectivity index (χ4n) is 1.30. The van der Waals surface area contributed by atoms with Crippen LogP contribution in [0.25, 0.3) is 10.9 Å². The third-order valence-electron chi connectivity index (χ3n) is 1.96. The van der Waals surface area contributed by atoms with Gasteiger partial charge >= 0.3 is 0 Å². The highest BCUT2D eigenvalue weighted by Crippen LogP contribution is 2.28. The first-order valence-electron chi connectivity index (χ1n) is 3.98. The normalized spacial score (nSPS) is 10.7. The predicted octanol–water partition coefficient (Wildman–Crippen LogP) is 2.61. The van der Waals surface area contributed by atoms with Crippen molar-refractivity contribution < 1.29 is 4.79 Å². The third kappa shape index (κ3) is 1.49. The number of H-pyrrole nitrogens is 1. The Bertz CT molecular complexity index is 493. The Morgan fingerprint density at radius 2 is 2.07 bits per heavy atom. The third-order valence-corrected chi connectivity index (χ3v) is 2.68. The number of halogens is 2. The highest BCUT2D eigenvalue weighted by molar-refractivity contribution is 6.42. The number of fused-ring (bicyclic) bond motifs is 1. The SMILES string of the molecule is O=CCc1[nH]nc2cc(Cl)c(Cl)cc12. The average Bonchev–Trinajstić information content (AvgIpc) is 2.51. The summed E-state index contributed by atoms with van der Waals surface area (Å²) < 4.78 is 0. The van der Waals surface area contributed by atoms with Crippen LogP contribution in [0.4, 0.5) is 0 Å². The number of aldehydes is 1. The van der Waals surface area contributed by atoms with Crippen molar-refractivity contribution in [3.8, 4) is 0 Å². The molecule has 0 radical (unpaired) electrons. The molecule has 72 valence electrons. The van der Waals surface area contributed by atoms with Gasteiger partial charge in [-0.3, -0.25) is 5.10 Å². The molecule has 0 atom stereocenters. The van der Waals surface area contributed by atoms with Crippen LogP contribution in [0.1, 0.15) is 5.69 Å². The summed E-state index contributed by atoms with van der Waals surface area (Å²) in [7, 11) is 0. The van der Waals surface area contributed by atoms with Crippen LogP contribution in [0, 0.1) is 0 Å². The molecule has 0 fully saturated rings.